The highest BCUT2D eigenvalue weighted by Crippen LogP contribution is 2.20. The number of H-pyrrole nitrogens is 1. The SMILES string of the molecule is O=S(=O)(Nc1ccn[nH]1)c1ccc(F)c(Cl)c1. The van der Waals surface area contributed by atoms with E-state index in [1.54, 1.807) is 0 Å². The first-order valence-electron chi connectivity index (χ1n) is 4.46. The lowest BCUT2D eigenvalue weighted by Gasteiger charge is -2.06. The van der Waals surface area contributed by atoms with Crippen LogP contribution in [0.1, 0.15) is 0 Å². The molecule has 0 atom stereocenters. The molecule has 0 aliphatic carbocycles. The summed E-state index contributed by atoms with van der Waals surface area (Å²) in [4.78, 5) is -0.126. The fourth-order valence-corrected chi connectivity index (χ4v) is 2.45. The van der Waals surface area contributed by atoms with Crippen molar-refractivity contribution in [2.24, 2.45) is 0 Å². The van der Waals surface area contributed by atoms with Crippen LogP contribution in [-0.2, 0) is 10.0 Å². The third-order valence-corrected chi connectivity index (χ3v) is 3.60. The van der Waals surface area contributed by atoms with Gasteiger partial charge in [-0.15, -0.1) is 0 Å². The normalized spacial score (nSPS) is 11.4. The lowest BCUT2D eigenvalue weighted by Crippen LogP contribution is -2.13. The fraction of sp³-hybridized carbons (Fsp3) is 0. The standard InChI is InChI=1S/C9H7ClFN3O2S/c10-7-5-6(1-2-8(7)11)17(15,16)14-9-3-4-12-13-9/h1-5H,(H2,12,13,14). The zero-order chi connectivity index (χ0) is 12.5. The lowest BCUT2D eigenvalue weighted by atomic mass is 10.3. The van der Waals surface area contributed by atoms with Crippen LogP contribution in [0.25, 0.3) is 0 Å². The average molecular weight is 276 g/mol. The molecule has 0 bridgehead atoms. The quantitative estimate of drug-likeness (QED) is 0.900. The van der Waals surface area contributed by atoms with Gasteiger partial charge in [0.25, 0.3) is 10.0 Å². The molecule has 2 rings (SSSR count). The van der Waals surface area contributed by atoms with Gasteiger partial charge in [0.2, 0.25) is 0 Å². The van der Waals surface area contributed by atoms with Crippen LogP contribution in [0.15, 0.2) is 35.4 Å². The molecule has 0 radical (unpaired) electrons. The minimum Gasteiger partial charge on any atom is -0.264 e. The summed E-state index contributed by atoms with van der Waals surface area (Å²) < 4.78 is 38.8. The monoisotopic (exact) mass is 275 g/mol. The Kier molecular flexibility index (Phi) is 3.03. The molecule has 5 nitrogen and oxygen atoms in total. The van der Waals surface area contributed by atoms with Crippen LogP contribution in [-0.4, -0.2) is 18.6 Å². The van der Waals surface area contributed by atoms with Gasteiger partial charge in [0, 0.05) is 6.07 Å². The van der Waals surface area contributed by atoms with Crippen molar-refractivity contribution in [3.63, 3.8) is 0 Å². The van der Waals surface area contributed by atoms with Crippen LogP contribution in [0.2, 0.25) is 5.02 Å². The van der Waals surface area contributed by atoms with Gasteiger partial charge in [-0.05, 0) is 18.2 Å². The molecule has 90 valence electrons. The Hall–Kier alpha value is -1.60. The molecule has 17 heavy (non-hydrogen) atoms. The first kappa shape index (κ1) is 11.9. The van der Waals surface area contributed by atoms with Crippen molar-refractivity contribution in [2.75, 3.05) is 4.72 Å². The second-order valence-electron chi connectivity index (χ2n) is 3.15. The predicted molar refractivity (Wildman–Crippen MR) is 60.8 cm³/mol. The van der Waals surface area contributed by atoms with E-state index >= 15 is 0 Å². The Morgan fingerprint density at radius 1 is 1.35 bits per heavy atom. The predicted octanol–water partition coefficient (Wildman–Crippen LogP) is 2.00. The smallest absolute Gasteiger partial charge is 0.263 e. The number of hydrogen-bond acceptors (Lipinski definition) is 3. The van der Waals surface area contributed by atoms with Gasteiger partial charge in [0.1, 0.15) is 11.6 Å². The number of anilines is 1. The summed E-state index contributed by atoms with van der Waals surface area (Å²) in [5.74, 6) is -0.461. The molecule has 0 saturated carbocycles. The number of nitrogens with zero attached hydrogens (tertiary/aromatic N) is 1. The summed E-state index contributed by atoms with van der Waals surface area (Å²) in [5.41, 5.74) is 0. The second kappa shape index (κ2) is 4.34. The van der Waals surface area contributed by atoms with E-state index in [9.17, 15) is 12.8 Å². The zero-order valence-corrected chi connectivity index (χ0v) is 9.89. The molecule has 1 aromatic carbocycles. The maximum Gasteiger partial charge on any atom is 0.263 e. The summed E-state index contributed by atoms with van der Waals surface area (Å²) in [7, 11) is -3.79. The highest BCUT2D eigenvalue weighted by Gasteiger charge is 2.16. The molecule has 0 saturated heterocycles. The van der Waals surface area contributed by atoms with Gasteiger partial charge in [-0.3, -0.25) is 9.82 Å². The van der Waals surface area contributed by atoms with Crippen LogP contribution in [0.4, 0.5) is 10.2 Å². The molecule has 2 N–H and O–H groups in total. The lowest BCUT2D eigenvalue weighted by molar-refractivity contribution is 0.599. The Labute approximate surface area is 102 Å². The second-order valence-corrected chi connectivity index (χ2v) is 5.24. The van der Waals surface area contributed by atoms with E-state index in [0.717, 1.165) is 18.2 Å². The fourth-order valence-electron chi connectivity index (χ4n) is 1.16. The maximum absolute atomic E-state index is 12.9. The number of aromatic amines is 1. The van der Waals surface area contributed by atoms with E-state index < -0.39 is 15.8 Å². The Morgan fingerprint density at radius 3 is 2.71 bits per heavy atom. The number of aromatic nitrogens is 2. The molecule has 0 spiro atoms. The summed E-state index contributed by atoms with van der Waals surface area (Å²) in [6.07, 6.45) is 1.40. The summed E-state index contributed by atoms with van der Waals surface area (Å²) >= 11 is 5.51. The van der Waals surface area contributed by atoms with Crippen molar-refractivity contribution in [1.29, 1.82) is 0 Å². The molecule has 0 unspecified atom stereocenters. The van der Waals surface area contributed by atoms with E-state index in [1.165, 1.54) is 12.3 Å². The largest absolute Gasteiger partial charge is 0.264 e. The van der Waals surface area contributed by atoms with Crippen LogP contribution >= 0.6 is 11.6 Å². The van der Waals surface area contributed by atoms with Gasteiger partial charge in [-0.1, -0.05) is 11.6 Å². The van der Waals surface area contributed by atoms with Gasteiger partial charge in [0.15, 0.2) is 0 Å². The van der Waals surface area contributed by atoms with Crippen molar-refractivity contribution in [1.82, 2.24) is 10.2 Å². The molecule has 0 aliphatic rings. The van der Waals surface area contributed by atoms with Crippen molar-refractivity contribution in [3.05, 3.63) is 41.3 Å². The van der Waals surface area contributed by atoms with E-state index in [-0.39, 0.29) is 15.7 Å². The molecule has 8 heteroatoms. The van der Waals surface area contributed by atoms with Gasteiger partial charge >= 0.3 is 0 Å². The van der Waals surface area contributed by atoms with Crippen molar-refractivity contribution in [2.45, 2.75) is 4.90 Å². The van der Waals surface area contributed by atoms with E-state index in [0.29, 0.717) is 0 Å². The van der Waals surface area contributed by atoms with Crippen molar-refractivity contribution >= 4 is 27.4 Å². The molecule has 2 aromatic rings. The highest BCUT2D eigenvalue weighted by molar-refractivity contribution is 7.92. The van der Waals surface area contributed by atoms with Gasteiger partial charge in [-0.25, -0.2) is 12.8 Å². The first-order valence-corrected chi connectivity index (χ1v) is 6.32. The number of halogens is 2. The van der Waals surface area contributed by atoms with E-state index in [2.05, 4.69) is 14.9 Å². The van der Waals surface area contributed by atoms with Gasteiger partial charge in [-0.2, -0.15) is 5.10 Å². The number of benzene rings is 1. The average Bonchev–Trinajstić information content (AvgIpc) is 2.73. The number of rotatable bonds is 3. The molecule has 0 amide bonds. The highest BCUT2D eigenvalue weighted by atomic mass is 35.5. The number of sulfonamides is 1. The van der Waals surface area contributed by atoms with Gasteiger partial charge in [0.05, 0.1) is 16.1 Å². The molecule has 1 heterocycles. The third kappa shape index (κ3) is 2.56. The molecular formula is C9H7ClFN3O2S. The topological polar surface area (TPSA) is 74.8 Å². The molecule has 0 fully saturated rings. The first-order chi connectivity index (χ1) is 7.99. The van der Waals surface area contributed by atoms with E-state index in [1.807, 2.05) is 0 Å². The van der Waals surface area contributed by atoms with Crippen LogP contribution < -0.4 is 4.72 Å². The Bertz CT molecular complexity index is 628. The van der Waals surface area contributed by atoms with Crippen LogP contribution in [0.5, 0.6) is 0 Å². The van der Waals surface area contributed by atoms with Crippen molar-refractivity contribution in [3.8, 4) is 0 Å². The zero-order valence-electron chi connectivity index (χ0n) is 8.31. The Morgan fingerprint density at radius 2 is 2.12 bits per heavy atom. The minimum atomic E-state index is -3.79. The van der Waals surface area contributed by atoms with Gasteiger partial charge < -0.3 is 0 Å². The maximum atomic E-state index is 12.9. The minimum absolute atomic E-state index is 0.126. The summed E-state index contributed by atoms with van der Waals surface area (Å²) in [6, 6.07) is 4.60. The van der Waals surface area contributed by atoms with Crippen molar-refractivity contribution < 1.29 is 12.8 Å². The summed E-state index contributed by atoms with van der Waals surface area (Å²) in [6.45, 7) is 0. The number of nitrogens with one attached hydrogen (secondary N) is 2. The van der Waals surface area contributed by atoms with E-state index in [4.69, 9.17) is 11.6 Å². The number of hydrogen-bond donors (Lipinski definition) is 2. The molecular weight excluding hydrogens is 269 g/mol. The van der Waals surface area contributed by atoms with Crippen LogP contribution in [0, 0.1) is 5.82 Å². The Balaban J connectivity index is 2.35. The van der Waals surface area contributed by atoms with Crippen LogP contribution in [0.3, 0.4) is 0 Å². The summed E-state index contributed by atoms with van der Waals surface area (Å²) in [5, 5.41) is 5.78. The third-order valence-electron chi connectivity index (χ3n) is 1.95. The molecule has 1 aromatic heterocycles. The molecule has 0 aliphatic heterocycles.